The average Bonchev–Trinajstić information content (AvgIpc) is 2.47. The van der Waals surface area contributed by atoms with E-state index in [0.29, 0.717) is 17.8 Å². The van der Waals surface area contributed by atoms with Crippen LogP contribution in [0.2, 0.25) is 0 Å². The molecule has 1 fully saturated rings. The Kier molecular flexibility index (Phi) is 6.19. The lowest BCUT2D eigenvalue weighted by molar-refractivity contribution is 0.0112. The van der Waals surface area contributed by atoms with E-state index in [9.17, 15) is 4.79 Å². The number of amides is 2. The zero-order valence-electron chi connectivity index (χ0n) is 13.8. The maximum atomic E-state index is 12.2. The lowest BCUT2D eigenvalue weighted by Gasteiger charge is -2.32. The van der Waals surface area contributed by atoms with Crippen LogP contribution in [0.4, 0.5) is 10.6 Å². The number of carbonyl (C=O) groups excluding carboxylic acids is 1. The van der Waals surface area contributed by atoms with E-state index in [4.69, 9.17) is 4.74 Å². The van der Waals surface area contributed by atoms with E-state index in [1.165, 1.54) is 0 Å². The van der Waals surface area contributed by atoms with E-state index in [1.54, 1.807) is 0 Å². The fraction of sp³-hybridized carbons (Fsp3) is 0.647. The highest BCUT2D eigenvalue weighted by Crippen LogP contribution is 2.16. The molecule has 0 spiro atoms. The quantitative estimate of drug-likeness (QED) is 0.906. The van der Waals surface area contributed by atoms with Crippen LogP contribution in [0, 0.1) is 12.8 Å². The molecule has 5 heteroatoms. The van der Waals surface area contributed by atoms with Gasteiger partial charge in [0.25, 0.3) is 0 Å². The van der Waals surface area contributed by atoms with Crippen LogP contribution >= 0.6 is 0 Å². The average molecular weight is 305 g/mol. The van der Waals surface area contributed by atoms with Crippen molar-refractivity contribution in [2.75, 3.05) is 25.0 Å². The number of pyridine rings is 1. The normalized spacial score (nSPS) is 16.1. The van der Waals surface area contributed by atoms with E-state index in [1.807, 2.05) is 30.0 Å². The van der Waals surface area contributed by atoms with E-state index >= 15 is 0 Å². The topological polar surface area (TPSA) is 54.5 Å². The van der Waals surface area contributed by atoms with Crippen LogP contribution in [-0.2, 0) is 4.74 Å². The largest absolute Gasteiger partial charge is 0.378 e. The summed E-state index contributed by atoms with van der Waals surface area (Å²) in [5, 5.41) is 2.86. The van der Waals surface area contributed by atoms with Crippen LogP contribution in [-0.4, -0.2) is 41.7 Å². The van der Waals surface area contributed by atoms with Crippen molar-refractivity contribution in [3.8, 4) is 0 Å². The van der Waals surface area contributed by atoms with Gasteiger partial charge in [0.1, 0.15) is 5.82 Å². The van der Waals surface area contributed by atoms with Crippen molar-refractivity contribution >= 4 is 11.8 Å². The SMILES string of the molecule is Cc1cccc(NC(=O)N2CCC(OCCC(C)C)CC2)n1. The van der Waals surface area contributed by atoms with Crippen molar-refractivity contribution in [3.63, 3.8) is 0 Å². The number of rotatable bonds is 5. The Morgan fingerprint density at radius 1 is 1.41 bits per heavy atom. The second kappa shape index (κ2) is 8.13. The minimum absolute atomic E-state index is 0.0706. The van der Waals surface area contributed by atoms with Crippen molar-refractivity contribution < 1.29 is 9.53 Å². The molecule has 1 aromatic heterocycles. The highest BCUT2D eigenvalue weighted by Gasteiger charge is 2.23. The van der Waals surface area contributed by atoms with Crippen LogP contribution in [0.3, 0.4) is 0 Å². The first-order valence-electron chi connectivity index (χ1n) is 8.16. The molecular formula is C17H27N3O2. The summed E-state index contributed by atoms with van der Waals surface area (Å²) in [7, 11) is 0. The molecule has 0 saturated carbocycles. The second-order valence-corrected chi connectivity index (χ2v) is 6.33. The van der Waals surface area contributed by atoms with Gasteiger partial charge in [-0.2, -0.15) is 0 Å². The maximum absolute atomic E-state index is 12.2. The Morgan fingerprint density at radius 2 is 2.14 bits per heavy atom. The minimum Gasteiger partial charge on any atom is -0.378 e. The molecule has 122 valence electrons. The van der Waals surface area contributed by atoms with Gasteiger partial charge in [-0.3, -0.25) is 5.32 Å². The smallest absolute Gasteiger partial charge is 0.323 e. The standard InChI is InChI=1S/C17H27N3O2/c1-13(2)9-12-22-15-7-10-20(11-8-15)17(21)19-16-6-4-5-14(3)18-16/h4-6,13,15H,7-12H2,1-3H3,(H,18,19,21). The highest BCUT2D eigenvalue weighted by molar-refractivity contribution is 5.88. The minimum atomic E-state index is -0.0706. The molecule has 0 radical (unpaired) electrons. The van der Waals surface area contributed by atoms with Crippen LogP contribution in [0.5, 0.6) is 0 Å². The number of urea groups is 1. The van der Waals surface area contributed by atoms with Gasteiger partial charge in [-0.25, -0.2) is 9.78 Å². The molecule has 22 heavy (non-hydrogen) atoms. The third kappa shape index (κ3) is 5.30. The van der Waals surface area contributed by atoms with Gasteiger partial charge in [-0.05, 0) is 44.2 Å². The molecule has 2 amide bonds. The lowest BCUT2D eigenvalue weighted by atomic mass is 10.1. The highest BCUT2D eigenvalue weighted by atomic mass is 16.5. The molecule has 1 N–H and O–H groups in total. The van der Waals surface area contributed by atoms with Gasteiger partial charge in [0.15, 0.2) is 0 Å². The van der Waals surface area contributed by atoms with E-state index in [2.05, 4.69) is 24.1 Å². The number of ether oxygens (including phenoxy) is 1. The summed E-state index contributed by atoms with van der Waals surface area (Å²) in [6.45, 7) is 8.62. The molecule has 0 unspecified atom stereocenters. The fourth-order valence-corrected chi connectivity index (χ4v) is 2.50. The van der Waals surface area contributed by atoms with Crippen molar-refractivity contribution in [1.29, 1.82) is 0 Å². The third-order valence-corrected chi connectivity index (χ3v) is 3.90. The lowest BCUT2D eigenvalue weighted by Crippen LogP contribution is -2.43. The summed E-state index contributed by atoms with van der Waals surface area (Å²) in [5.41, 5.74) is 0.898. The molecule has 1 aliphatic rings. The summed E-state index contributed by atoms with van der Waals surface area (Å²) in [6.07, 6.45) is 3.21. The van der Waals surface area contributed by atoms with Gasteiger partial charge in [-0.1, -0.05) is 19.9 Å². The summed E-state index contributed by atoms with van der Waals surface area (Å²) < 4.78 is 5.89. The molecule has 2 heterocycles. The summed E-state index contributed by atoms with van der Waals surface area (Å²) in [4.78, 5) is 18.4. The van der Waals surface area contributed by atoms with Gasteiger partial charge in [-0.15, -0.1) is 0 Å². The van der Waals surface area contributed by atoms with E-state index < -0.39 is 0 Å². The van der Waals surface area contributed by atoms with Gasteiger partial charge >= 0.3 is 6.03 Å². The Bertz CT molecular complexity index is 483. The monoisotopic (exact) mass is 305 g/mol. The Morgan fingerprint density at radius 3 is 2.77 bits per heavy atom. The van der Waals surface area contributed by atoms with Crippen LogP contribution in [0.1, 0.15) is 38.8 Å². The van der Waals surface area contributed by atoms with Crippen molar-refractivity contribution in [2.24, 2.45) is 5.92 Å². The zero-order valence-corrected chi connectivity index (χ0v) is 13.8. The van der Waals surface area contributed by atoms with Crippen molar-refractivity contribution in [1.82, 2.24) is 9.88 Å². The number of nitrogens with one attached hydrogen (secondary N) is 1. The Balaban J connectivity index is 1.73. The first-order valence-corrected chi connectivity index (χ1v) is 8.16. The Hall–Kier alpha value is -1.62. The number of hydrogen-bond acceptors (Lipinski definition) is 3. The number of likely N-dealkylation sites (tertiary alicyclic amines) is 1. The first kappa shape index (κ1) is 16.7. The number of piperidine rings is 1. The Labute approximate surface area is 133 Å². The van der Waals surface area contributed by atoms with Gasteiger partial charge in [0.05, 0.1) is 6.10 Å². The fourth-order valence-electron chi connectivity index (χ4n) is 2.50. The molecule has 2 rings (SSSR count). The van der Waals surface area contributed by atoms with Crippen molar-refractivity contribution in [3.05, 3.63) is 23.9 Å². The van der Waals surface area contributed by atoms with Gasteiger partial charge < -0.3 is 9.64 Å². The summed E-state index contributed by atoms with van der Waals surface area (Å²) in [5.74, 6) is 1.29. The number of carbonyl (C=O) groups is 1. The number of anilines is 1. The van der Waals surface area contributed by atoms with Crippen molar-refractivity contribution in [2.45, 2.75) is 46.1 Å². The van der Waals surface area contributed by atoms with Gasteiger partial charge in [0.2, 0.25) is 0 Å². The van der Waals surface area contributed by atoms with Gasteiger partial charge in [0, 0.05) is 25.4 Å². The predicted molar refractivity (Wildman–Crippen MR) is 88.0 cm³/mol. The molecule has 0 bridgehead atoms. The zero-order chi connectivity index (χ0) is 15.9. The molecule has 1 aliphatic heterocycles. The molecule has 0 atom stereocenters. The molecular weight excluding hydrogens is 278 g/mol. The first-order chi connectivity index (χ1) is 10.5. The number of nitrogens with zero attached hydrogens (tertiary/aromatic N) is 2. The summed E-state index contributed by atoms with van der Waals surface area (Å²) >= 11 is 0. The molecule has 1 saturated heterocycles. The molecule has 5 nitrogen and oxygen atoms in total. The van der Waals surface area contributed by atoms with E-state index in [-0.39, 0.29) is 6.03 Å². The second-order valence-electron chi connectivity index (χ2n) is 6.33. The van der Waals surface area contributed by atoms with Crippen LogP contribution in [0.15, 0.2) is 18.2 Å². The number of aryl methyl sites for hydroxylation is 1. The van der Waals surface area contributed by atoms with Crippen LogP contribution < -0.4 is 5.32 Å². The third-order valence-electron chi connectivity index (χ3n) is 3.90. The van der Waals surface area contributed by atoms with Crippen LogP contribution in [0.25, 0.3) is 0 Å². The number of hydrogen-bond donors (Lipinski definition) is 1. The molecule has 0 aliphatic carbocycles. The molecule has 0 aromatic carbocycles. The number of aromatic nitrogens is 1. The summed E-state index contributed by atoms with van der Waals surface area (Å²) in [6, 6.07) is 5.55. The maximum Gasteiger partial charge on any atom is 0.323 e. The van der Waals surface area contributed by atoms with E-state index in [0.717, 1.165) is 44.7 Å². The molecule has 1 aromatic rings. The predicted octanol–water partition coefficient (Wildman–Crippen LogP) is 3.45.